The number of carbonyl (C=O) groups is 3. The summed E-state index contributed by atoms with van der Waals surface area (Å²) in [6.45, 7) is 1.52. The Bertz CT molecular complexity index is 982. The minimum absolute atomic E-state index is 0.303. The first-order valence-electron chi connectivity index (χ1n) is 8.89. The van der Waals surface area contributed by atoms with Crippen LogP contribution in [-0.4, -0.2) is 35.6 Å². The van der Waals surface area contributed by atoms with E-state index >= 15 is 0 Å². The molecule has 148 valence electrons. The molecular weight excluding hydrogens is 388 g/mol. The molecule has 1 N–H and O–H groups in total. The molecule has 2 aromatic carbocycles. The molecule has 0 aromatic heterocycles. The highest BCUT2D eigenvalue weighted by Crippen LogP contribution is 2.31. The zero-order valence-electron chi connectivity index (χ0n) is 16.0. The maximum absolute atomic E-state index is 12.6. The van der Waals surface area contributed by atoms with Gasteiger partial charge in [-0.1, -0.05) is 36.4 Å². The van der Waals surface area contributed by atoms with Crippen LogP contribution in [-0.2, 0) is 9.59 Å². The number of methoxy groups -OCH3 is 1. The van der Waals surface area contributed by atoms with Gasteiger partial charge in [0.2, 0.25) is 5.91 Å². The van der Waals surface area contributed by atoms with E-state index < -0.39 is 17.1 Å². The maximum Gasteiger partial charge on any atom is 0.294 e. The molecule has 6 nitrogen and oxygen atoms in total. The molecule has 0 aliphatic carbocycles. The molecule has 0 unspecified atom stereocenters. The Labute approximate surface area is 173 Å². The summed E-state index contributed by atoms with van der Waals surface area (Å²) in [5, 5.41) is 2.21. The molecule has 1 fully saturated rings. The van der Waals surface area contributed by atoms with Crippen molar-refractivity contribution in [3.8, 4) is 5.75 Å². The second kappa shape index (κ2) is 9.25. The van der Waals surface area contributed by atoms with Crippen LogP contribution >= 0.6 is 11.8 Å². The molecule has 3 amide bonds. The summed E-state index contributed by atoms with van der Waals surface area (Å²) in [6.07, 6.45) is 3.59. The summed E-state index contributed by atoms with van der Waals surface area (Å²) in [6, 6.07) is 16.5. The molecule has 29 heavy (non-hydrogen) atoms. The van der Waals surface area contributed by atoms with Crippen molar-refractivity contribution in [2.45, 2.75) is 6.92 Å². The minimum Gasteiger partial charge on any atom is -0.497 e. The average Bonchev–Trinajstić information content (AvgIpc) is 2.96. The van der Waals surface area contributed by atoms with Gasteiger partial charge in [-0.25, -0.2) is 0 Å². The summed E-state index contributed by atoms with van der Waals surface area (Å²) < 4.78 is 5.07. The van der Waals surface area contributed by atoms with Crippen molar-refractivity contribution in [2.75, 3.05) is 19.0 Å². The number of thioether (sulfide) groups is 1. The fourth-order valence-corrected chi connectivity index (χ4v) is 3.60. The molecular formula is C22H20N2O4S. The van der Waals surface area contributed by atoms with E-state index in [4.69, 9.17) is 4.74 Å². The Morgan fingerprint density at radius 2 is 1.79 bits per heavy atom. The second-order valence-electron chi connectivity index (χ2n) is 6.34. The van der Waals surface area contributed by atoms with Crippen molar-refractivity contribution < 1.29 is 19.1 Å². The fraction of sp³-hybridized carbons (Fsp3) is 0.136. The van der Waals surface area contributed by atoms with Gasteiger partial charge in [0.1, 0.15) is 12.3 Å². The van der Waals surface area contributed by atoms with Gasteiger partial charge in [0, 0.05) is 5.69 Å². The van der Waals surface area contributed by atoms with Crippen LogP contribution in [0.2, 0.25) is 0 Å². The topological polar surface area (TPSA) is 75.7 Å². The standard InChI is InChI=1S/C22H20N2O4S/c1-15(12-16-6-4-3-5-7-16)13-19-21(26)24(22(27)29-19)14-20(25)23-17-8-10-18(28-2)11-9-17/h3-13H,14H2,1-2H3,(H,23,25)/b15-12-,19-13+. The van der Waals surface area contributed by atoms with E-state index in [9.17, 15) is 14.4 Å². The monoisotopic (exact) mass is 408 g/mol. The van der Waals surface area contributed by atoms with E-state index in [1.807, 2.05) is 43.3 Å². The number of rotatable bonds is 6. The molecule has 1 heterocycles. The zero-order valence-corrected chi connectivity index (χ0v) is 16.9. The normalized spacial score (nSPS) is 15.7. The molecule has 1 aliphatic heterocycles. The minimum atomic E-state index is -0.467. The van der Waals surface area contributed by atoms with Gasteiger partial charge in [0.05, 0.1) is 12.0 Å². The number of nitrogens with zero attached hydrogens (tertiary/aromatic N) is 1. The van der Waals surface area contributed by atoms with Crippen molar-refractivity contribution in [2.24, 2.45) is 0 Å². The van der Waals surface area contributed by atoms with E-state index in [-0.39, 0.29) is 6.54 Å². The average molecular weight is 408 g/mol. The summed E-state index contributed by atoms with van der Waals surface area (Å²) >= 11 is 0.835. The smallest absolute Gasteiger partial charge is 0.294 e. The van der Waals surface area contributed by atoms with Crippen LogP contribution in [0.25, 0.3) is 6.08 Å². The summed E-state index contributed by atoms with van der Waals surface area (Å²) in [5.74, 6) is -0.251. The number of hydrogen-bond acceptors (Lipinski definition) is 5. The van der Waals surface area contributed by atoms with Gasteiger partial charge in [-0.3, -0.25) is 19.3 Å². The predicted octanol–water partition coefficient (Wildman–Crippen LogP) is 4.32. The molecule has 0 saturated carbocycles. The third kappa shape index (κ3) is 5.36. The fourth-order valence-electron chi connectivity index (χ4n) is 2.72. The van der Waals surface area contributed by atoms with Crippen molar-refractivity contribution in [1.82, 2.24) is 4.90 Å². The number of imide groups is 1. The van der Waals surface area contributed by atoms with E-state index in [1.54, 1.807) is 37.5 Å². The Balaban J connectivity index is 1.65. The zero-order chi connectivity index (χ0) is 20.8. The molecule has 0 radical (unpaired) electrons. The van der Waals surface area contributed by atoms with E-state index in [0.717, 1.165) is 27.8 Å². The van der Waals surface area contributed by atoms with Crippen molar-refractivity contribution >= 4 is 40.6 Å². The van der Waals surface area contributed by atoms with Crippen LogP contribution in [0.5, 0.6) is 5.75 Å². The number of carbonyl (C=O) groups excluding carboxylic acids is 3. The lowest BCUT2D eigenvalue weighted by Crippen LogP contribution is -2.36. The van der Waals surface area contributed by atoms with E-state index in [0.29, 0.717) is 16.3 Å². The van der Waals surface area contributed by atoms with Crippen molar-refractivity contribution in [3.63, 3.8) is 0 Å². The van der Waals surface area contributed by atoms with Gasteiger partial charge in [0.25, 0.3) is 11.1 Å². The molecule has 1 saturated heterocycles. The van der Waals surface area contributed by atoms with Crippen LogP contribution in [0.4, 0.5) is 10.5 Å². The lowest BCUT2D eigenvalue weighted by atomic mass is 10.1. The van der Waals surface area contributed by atoms with Gasteiger partial charge < -0.3 is 10.1 Å². The molecule has 0 spiro atoms. The molecule has 0 bridgehead atoms. The number of amides is 3. The first kappa shape index (κ1) is 20.4. The van der Waals surface area contributed by atoms with Crippen LogP contribution in [0.15, 0.2) is 71.2 Å². The summed E-state index contributed by atoms with van der Waals surface area (Å²) in [4.78, 5) is 38.3. The van der Waals surface area contributed by atoms with Gasteiger partial charge in [-0.15, -0.1) is 0 Å². The Kier molecular flexibility index (Phi) is 6.51. The maximum atomic E-state index is 12.6. The van der Waals surface area contributed by atoms with E-state index in [1.165, 1.54) is 0 Å². The number of hydrogen-bond donors (Lipinski definition) is 1. The number of anilines is 1. The highest BCUT2D eigenvalue weighted by molar-refractivity contribution is 8.18. The number of ether oxygens (including phenoxy) is 1. The molecule has 2 aromatic rings. The first-order valence-corrected chi connectivity index (χ1v) is 9.70. The molecule has 3 rings (SSSR count). The summed E-state index contributed by atoms with van der Waals surface area (Å²) in [5.41, 5.74) is 2.39. The van der Waals surface area contributed by atoms with Crippen molar-refractivity contribution in [1.29, 1.82) is 0 Å². The quantitative estimate of drug-likeness (QED) is 0.721. The largest absolute Gasteiger partial charge is 0.497 e. The number of allylic oxidation sites excluding steroid dienone is 2. The van der Waals surface area contributed by atoms with Crippen LogP contribution in [0.1, 0.15) is 12.5 Å². The number of benzene rings is 2. The third-order valence-electron chi connectivity index (χ3n) is 4.10. The molecule has 7 heteroatoms. The van der Waals surface area contributed by atoms with Gasteiger partial charge >= 0.3 is 0 Å². The van der Waals surface area contributed by atoms with Crippen LogP contribution in [0, 0.1) is 0 Å². The van der Waals surface area contributed by atoms with E-state index in [2.05, 4.69) is 5.32 Å². The molecule has 1 aliphatic rings. The van der Waals surface area contributed by atoms with Gasteiger partial charge in [0.15, 0.2) is 0 Å². The second-order valence-corrected chi connectivity index (χ2v) is 7.34. The highest BCUT2D eigenvalue weighted by Gasteiger charge is 2.36. The summed E-state index contributed by atoms with van der Waals surface area (Å²) in [7, 11) is 1.55. The Morgan fingerprint density at radius 1 is 1.10 bits per heavy atom. The lowest BCUT2D eigenvalue weighted by molar-refractivity contribution is -0.127. The van der Waals surface area contributed by atoms with Crippen molar-refractivity contribution in [3.05, 3.63) is 76.7 Å². The third-order valence-corrected chi connectivity index (χ3v) is 5.01. The Hall–Kier alpha value is -3.32. The number of nitrogens with one attached hydrogen (secondary N) is 1. The molecule has 0 atom stereocenters. The predicted molar refractivity (Wildman–Crippen MR) is 114 cm³/mol. The van der Waals surface area contributed by atoms with Gasteiger partial charge in [-0.2, -0.15) is 0 Å². The lowest BCUT2D eigenvalue weighted by Gasteiger charge is -2.12. The Morgan fingerprint density at radius 3 is 2.45 bits per heavy atom. The van der Waals surface area contributed by atoms with Crippen LogP contribution < -0.4 is 10.1 Å². The first-order chi connectivity index (χ1) is 14.0. The van der Waals surface area contributed by atoms with Gasteiger partial charge in [-0.05, 0) is 60.2 Å². The van der Waals surface area contributed by atoms with Crippen LogP contribution in [0.3, 0.4) is 0 Å². The SMILES string of the molecule is COc1ccc(NC(=O)CN2C(=O)S/C(=C/C(C)=C\c3ccccc3)C2=O)cc1. The highest BCUT2D eigenvalue weighted by atomic mass is 32.2.